The number of fused-ring (bicyclic) bond motifs is 1. The molecule has 2 heterocycles. The predicted octanol–water partition coefficient (Wildman–Crippen LogP) is 2.87. The van der Waals surface area contributed by atoms with Gasteiger partial charge < -0.3 is 29.0 Å². The Hall–Kier alpha value is -2.78. The SMILES string of the molecule is CCC(=O)OC1[C@@H]2OC(c3ccccc3)OCC2O[C@@H](OCc2ccccc2)[C@H]1NC(C)=O. The molecule has 0 saturated carbocycles. The summed E-state index contributed by atoms with van der Waals surface area (Å²) < 4.78 is 30.2. The van der Waals surface area contributed by atoms with Gasteiger partial charge in [-0.3, -0.25) is 9.59 Å². The van der Waals surface area contributed by atoms with Crippen LogP contribution in [-0.4, -0.2) is 49.1 Å². The van der Waals surface area contributed by atoms with Gasteiger partial charge in [0.15, 0.2) is 18.7 Å². The minimum absolute atomic E-state index is 0.190. The zero-order valence-corrected chi connectivity index (χ0v) is 18.7. The number of amides is 1. The molecule has 2 aliphatic rings. The Balaban J connectivity index is 1.58. The number of hydrogen-bond acceptors (Lipinski definition) is 7. The largest absolute Gasteiger partial charge is 0.457 e. The summed E-state index contributed by atoms with van der Waals surface area (Å²) in [5, 5.41) is 2.85. The van der Waals surface area contributed by atoms with Crippen LogP contribution in [0.15, 0.2) is 60.7 Å². The average molecular weight is 456 g/mol. The van der Waals surface area contributed by atoms with Crippen molar-refractivity contribution in [1.82, 2.24) is 5.32 Å². The van der Waals surface area contributed by atoms with E-state index in [4.69, 9.17) is 23.7 Å². The summed E-state index contributed by atoms with van der Waals surface area (Å²) in [6.07, 6.45) is -3.30. The minimum Gasteiger partial charge on any atom is -0.457 e. The third-order valence-corrected chi connectivity index (χ3v) is 5.59. The highest BCUT2D eigenvalue weighted by atomic mass is 16.8. The van der Waals surface area contributed by atoms with Crippen molar-refractivity contribution >= 4 is 11.9 Å². The summed E-state index contributed by atoms with van der Waals surface area (Å²) in [4.78, 5) is 24.4. The zero-order valence-electron chi connectivity index (χ0n) is 18.7. The fourth-order valence-electron chi connectivity index (χ4n) is 4.01. The van der Waals surface area contributed by atoms with E-state index in [0.717, 1.165) is 11.1 Å². The normalized spacial score (nSPS) is 29.0. The Bertz CT molecular complexity index is 923. The van der Waals surface area contributed by atoms with Crippen LogP contribution >= 0.6 is 0 Å². The number of carbonyl (C=O) groups excluding carboxylic acids is 2. The Morgan fingerprint density at radius 2 is 1.73 bits per heavy atom. The van der Waals surface area contributed by atoms with Crippen LogP contribution in [0.4, 0.5) is 0 Å². The third kappa shape index (κ3) is 5.78. The maximum atomic E-state index is 12.3. The van der Waals surface area contributed by atoms with Crippen molar-refractivity contribution in [2.24, 2.45) is 0 Å². The Kier molecular flexibility index (Phi) is 7.72. The van der Waals surface area contributed by atoms with Gasteiger partial charge in [0.05, 0.1) is 13.2 Å². The lowest BCUT2D eigenvalue weighted by Gasteiger charge is -2.48. The van der Waals surface area contributed by atoms with E-state index >= 15 is 0 Å². The molecule has 0 spiro atoms. The molecule has 1 amide bonds. The third-order valence-electron chi connectivity index (χ3n) is 5.59. The molecule has 3 unspecified atom stereocenters. The maximum Gasteiger partial charge on any atom is 0.305 e. The fraction of sp³-hybridized carbons (Fsp3) is 0.440. The molecule has 0 bridgehead atoms. The zero-order chi connectivity index (χ0) is 23.2. The Labute approximate surface area is 193 Å². The van der Waals surface area contributed by atoms with Crippen LogP contribution in [0.1, 0.15) is 37.7 Å². The molecular weight excluding hydrogens is 426 g/mol. The van der Waals surface area contributed by atoms with Gasteiger partial charge in [-0.15, -0.1) is 0 Å². The molecule has 2 aliphatic heterocycles. The predicted molar refractivity (Wildman–Crippen MR) is 118 cm³/mol. The van der Waals surface area contributed by atoms with Gasteiger partial charge in [0.1, 0.15) is 18.2 Å². The first kappa shape index (κ1) is 23.4. The molecule has 4 rings (SSSR count). The van der Waals surface area contributed by atoms with Crippen molar-refractivity contribution in [3.8, 4) is 0 Å². The van der Waals surface area contributed by atoms with Crippen molar-refractivity contribution in [1.29, 1.82) is 0 Å². The highest BCUT2D eigenvalue weighted by Gasteiger charge is 2.52. The molecule has 0 radical (unpaired) electrons. The van der Waals surface area contributed by atoms with Crippen LogP contribution in [0.25, 0.3) is 0 Å². The lowest BCUT2D eigenvalue weighted by Crippen LogP contribution is -2.67. The summed E-state index contributed by atoms with van der Waals surface area (Å²) in [6.45, 7) is 3.61. The van der Waals surface area contributed by atoms with Crippen LogP contribution < -0.4 is 5.32 Å². The molecular formula is C25H29NO7. The van der Waals surface area contributed by atoms with Crippen LogP contribution in [-0.2, 0) is 39.9 Å². The van der Waals surface area contributed by atoms with E-state index in [1.165, 1.54) is 6.92 Å². The molecule has 0 aliphatic carbocycles. The van der Waals surface area contributed by atoms with E-state index in [0.29, 0.717) is 0 Å². The van der Waals surface area contributed by atoms with E-state index in [-0.39, 0.29) is 25.5 Å². The van der Waals surface area contributed by atoms with Crippen LogP contribution in [0.2, 0.25) is 0 Å². The number of benzene rings is 2. The van der Waals surface area contributed by atoms with Crippen molar-refractivity contribution in [2.75, 3.05) is 6.61 Å². The topological polar surface area (TPSA) is 92.3 Å². The minimum atomic E-state index is -0.856. The van der Waals surface area contributed by atoms with Crippen LogP contribution in [0.5, 0.6) is 0 Å². The van der Waals surface area contributed by atoms with Crippen molar-refractivity contribution in [3.05, 3.63) is 71.8 Å². The molecule has 1 N–H and O–H groups in total. The van der Waals surface area contributed by atoms with Gasteiger partial charge in [0.25, 0.3) is 0 Å². The first-order valence-corrected chi connectivity index (χ1v) is 11.1. The molecule has 2 saturated heterocycles. The lowest BCUT2D eigenvalue weighted by molar-refractivity contribution is -0.346. The van der Waals surface area contributed by atoms with E-state index in [2.05, 4.69) is 5.32 Å². The second-order valence-corrected chi connectivity index (χ2v) is 8.05. The molecule has 2 aromatic rings. The van der Waals surface area contributed by atoms with Gasteiger partial charge in [0, 0.05) is 18.9 Å². The van der Waals surface area contributed by atoms with Gasteiger partial charge in [-0.25, -0.2) is 0 Å². The average Bonchev–Trinajstić information content (AvgIpc) is 2.84. The molecule has 2 aromatic carbocycles. The highest BCUT2D eigenvalue weighted by Crippen LogP contribution is 2.36. The number of ether oxygens (including phenoxy) is 5. The van der Waals surface area contributed by atoms with Crippen molar-refractivity contribution < 1.29 is 33.3 Å². The van der Waals surface area contributed by atoms with Gasteiger partial charge in [0.2, 0.25) is 5.91 Å². The monoisotopic (exact) mass is 455 g/mol. The molecule has 8 heteroatoms. The summed E-state index contributed by atoms with van der Waals surface area (Å²) in [5.41, 5.74) is 1.79. The molecule has 6 atom stereocenters. The van der Waals surface area contributed by atoms with E-state index in [1.807, 2.05) is 60.7 Å². The van der Waals surface area contributed by atoms with Gasteiger partial charge in [-0.05, 0) is 5.56 Å². The Morgan fingerprint density at radius 1 is 1.03 bits per heavy atom. The first-order valence-electron chi connectivity index (χ1n) is 11.1. The molecule has 2 fully saturated rings. The maximum absolute atomic E-state index is 12.3. The second kappa shape index (κ2) is 10.9. The first-order chi connectivity index (χ1) is 16.0. The smallest absolute Gasteiger partial charge is 0.305 e. The number of esters is 1. The summed E-state index contributed by atoms with van der Waals surface area (Å²) in [6, 6.07) is 18.4. The number of rotatable bonds is 7. The number of carbonyl (C=O) groups is 2. The highest BCUT2D eigenvalue weighted by molar-refractivity contribution is 5.73. The van der Waals surface area contributed by atoms with Crippen LogP contribution in [0, 0.1) is 0 Å². The van der Waals surface area contributed by atoms with E-state index < -0.39 is 42.9 Å². The van der Waals surface area contributed by atoms with Gasteiger partial charge in [-0.2, -0.15) is 0 Å². The molecule has 176 valence electrons. The quantitative estimate of drug-likeness (QED) is 0.642. The summed E-state index contributed by atoms with van der Waals surface area (Å²) in [7, 11) is 0. The number of nitrogens with one attached hydrogen (secondary N) is 1. The summed E-state index contributed by atoms with van der Waals surface area (Å²) >= 11 is 0. The van der Waals surface area contributed by atoms with E-state index in [1.54, 1.807) is 6.92 Å². The number of hydrogen-bond donors (Lipinski definition) is 1. The molecule has 33 heavy (non-hydrogen) atoms. The van der Waals surface area contributed by atoms with Gasteiger partial charge in [-0.1, -0.05) is 67.6 Å². The lowest BCUT2D eigenvalue weighted by atomic mass is 9.95. The van der Waals surface area contributed by atoms with E-state index in [9.17, 15) is 9.59 Å². The van der Waals surface area contributed by atoms with Crippen LogP contribution in [0.3, 0.4) is 0 Å². The van der Waals surface area contributed by atoms with Crippen molar-refractivity contribution in [3.63, 3.8) is 0 Å². The summed E-state index contributed by atoms with van der Waals surface area (Å²) in [5.74, 6) is -0.691. The molecule has 8 nitrogen and oxygen atoms in total. The van der Waals surface area contributed by atoms with Gasteiger partial charge >= 0.3 is 5.97 Å². The Morgan fingerprint density at radius 3 is 2.39 bits per heavy atom. The standard InChI is InChI=1S/C25H29NO7/c1-3-20(28)32-23-21(26-16(2)27)25(29-14-17-10-6-4-7-11-17)31-19-15-30-24(33-22(19)23)18-12-8-5-9-13-18/h4-13,19,21-25H,3,14-15H2,1-2H3,(H,26,27)/t19?,21-,22+,23?,24?,25+/m0/s1. The fourth-order valence-corrected chi connectivity index (χ4v) is 4.01. The second-order valence-electron chi connectivity index (χ2n) is 8.05. The van der Waals surface area contributed by atoms with Crippen molar-refractivity contribution in [2.45, 2.75) is 63.8 Å². The molecule has 0 aromatic heterocycles.